The molecule has 6 nitrogen and oxygen atoms in total. The number of anilines is 1. The first-order chi connectivity index (χ1) is 8.63. The molecule has 0 aromatic carbocycles. The largest absolute Gasteiger partial charge is 0.375 e. The van der Waals surface area contributed by atoms with Gasteiger partial charge in [-0.25, -0.2) is 0 Å². The van der Waals surface area contributed by atoms with Gasteiger partial charge in [-0.1, -0.05) is 6.42 Å². The number of nitro groups is 1. The summed E-state index contributed by atoms with van der Waals surface area (Å²) in [6.45, 7) is 0.605. The molecule has 0 amide bonds. The van der Waals surface area contributed by atoms with E-state index >= 15 is 0 Å². The molecule has 2 rings (SSSR count). The molecule has 1 saturated carbocycles. The fourth-order valence-corrected chi connectivity index (χ4v) is 2.84. The van der Waals surface area contributed by atoms with E-state index in [0.29, 0.717) is 22.6 Å². The third kappa shape index (κ3) is 2.62. The van der Waals surface area contributed by atoms with Gasteiger partial charge in [0.15, 0.2) is 0 Å². The molecule has 0 spiro atoms. The van der Waals surface area contributed by atoms with Crippen LogP contribution in [-0.4, -0.2) is 22.5 Å². The van der Waals surface area contributed by atoms with Gasteiger partial charge in [-0.2, -0.15) is 0 Å². The van der Waals surface area contributed by atoms with E-state index in [-0.39, 0.29) is 11.7 Å². The van der Waals surface area contributed by atoms with E-state index in [1.807, 2.05) is 0 Å². The number of rotatable bonds is 4. The maximum absolute atomic E-state index is 11.0. The molecule has 1 aliphatic carbocycles. The molecular weight excluding hydrogens is 300 g/mol. The van der Waals surface area contributed by atoms with Gasteiger partial charge in [-0.05, 0) is 41.2 Å². The number of halogens is 1. The Hall–Kier alpha value is -1.21. The molecule has 0 radical (unpaired) electrons. The van der Waals surface area contributed by atoms with Crippen LogP contribution in [0.3, 0.4) is 0 Å². The first kappa shape index (κ1) is 13.2. The molecule has 1 aromatic rings. The SMILES string of the molecule is NCC1CCCC1Nc1c(Br)cncc1[N+](=O)[O-]. The number of nitrogens with zero attached hydrogens (tertiary/aromatic N) is 2. The van der Waals surface area contributed by atoms with E-state index in [0.717, 1.165) is 19.3 Å². The number of nitrogens with two attached hydrogens (primary N) is 1. The number of nitrogens with one attached hydrogen (secondary N) is 1. The molecule has 2 unspecified atom stereocenters. The van der Waals surface area contributed by atoms with Crippen molar-refractivity contribution in [1.82, 2.24) is 4.98 Å². The molecule has 1 aliphatic rings. The predicted molar refractivity (Wildman–Crippen MR) is 72.4 cm³/mol. The van der Waals surface area contributed by atoms with E-state index in [1.54, 1.807) is 6.20 Å². The molecule has 1 heterocycles. The summed E-state index contributed by atoms with van der Waals surface area (Å²) in [4.78, 5) is 14.4. The summed E-state index contributed by atoms with van der Waals surface area (Å²) in [5.41, 5.74) is 6.21. The maximum atomic E-state index is 11.0. The molecule has 2 atom stereocenters. The van der Waals surface area contributed by atoms with Crippen LogP contribution in [0.4, 0.5) is 11.4 Å². The summed E-state index contributed by atoms with van der Waals surface area (Å²) in [7, 11) is 0. The van der Waals surface area contributed by atoms with E-state index in [1.165, 1.54) is 6.20 Å². The smallest absolute Gasteiger partial charge is 0.311 e. The van der Waals surface area contributed by atoms with Gasteiger partial charge in [0.1, 0.15) is 11.9 Å². The Morgan fingerprint density at radius 1 is 1.56 bits per heavy atom. The third-order valence-corrected chi connectivity index (χ3v) is 3.97. The zero-order valence-electron chi connectivity index (χ0n) is 9.80. The number of hydrogen-bond acceptors (Lipinski definition) is 5. The van der Waals surface area contributed by atoms with Crippen LogP contribution in [0.5, 0.6) is 0 Å². The third-order valence-electron chi connectivity index (χ3n) is 3.37. The predicted octanol–water partition coefficient (Wildman–Crippen LogP) is 2.29. The van der Waals surface area contributed by atoms with Gasteiger partial charge < -0.3 is 11.1 Å². The van der Waals surface area contributed by atoms with Crippen molar-refractivity contribution in [3.05, 3.63) is 27.0 Å². The summed E-state index contributed by atoms with van der Waals surface area (Å²) in [5.74, 6) is 0.379. The van der Waals surface area contributed by atoms with Crippen LogP contribution in [0.1, 0.15) is 19.3 Å². The molecular formula is C11H15BrN4O2. The standard InChI is InChI=1S/C11H15BrN4O2/c12-8-5-14-6-10(16(17)18)11(8)15-9-3-1-2-7(9)4-13/h5-7,9H,1-4,13H2,(H,14,15). The molecule has 7 heteroatoms. The molecule has 0 aliphatic heterocycles. The van der Waals surface area contributed by atoms with Gasteiger partial charge in [-0.3, -0.25) is 15.1 Å². The topological polar surface area (TPSA) is 94.1 Å². The number of hydrogen-bond donors (Lipinski definition) is 2. The molecule has 3 N–H and O–H groups in total. The van der Waals surface area contributed by atoms with E-state index in [4.69, 9.17) is 5.73 Å². The van der Waals surface area contributed by atoms with Crippen molar-refractivity contribution in [1.29, 1.82) is 0 Å². The van der Waals surface area contributed by atoms with E-state index in [2.05, 4.69) is 26.2 Å². The van der Waals surface area contributed by atoms with Crippen LogP contribution in [0.25, 0.3) is 0 Å². The lowest BCUT2D eigenvalue weighted by molar-refractivity contribution is -0.384. The first-order valence-corrected chi connectivity index (χ1v) is 6.67. The summed E-state index contributed by atoms with van der Waals surface area (Å²) in [6.07, 6.45) is 6.00. The minimum Gasteiger partial charge on any atom is -0.375 e. The Bertz CT molecular complexity index is 455. The Morgan fingerprint density at radius 2 is 2.33 bits per heavy atom. The first-order valence-electron chi connectivity index (χ1n) is 5.88. The molecule has 98 valence electrons. The molecule has 0 saturated heterocycles. The van der Waals surface area contributed by atoms with Crippen LogP contribution in [0.15, 0.2) is 16.9 Å². The Morgan fingerprint density at radius 3 is 3.00 bits per heavy atom. The normalized spacial score (nSPS) is 23.0. The highest BCUT2D eigenvalue weighted by Gasteiger charge is 2.29. The van der Waals surface area contributed by atoms with Gasteiger partial charge in [0.05, 0.1) is 9.40 Å². The molecule has 0 bridgehead atoms. The highest BCUT2D eigenvalue weighted by molar-refractivity contribution is 9.10. The molecule has 18 heavy (non-hydrogen) atoms. The van der Waals surface area contributed by atoms with E-state index in [9.17, 15) is 10.1 Å². The second-order valence-electron chi connectivity index (χ2n) is 4.45. The summed E-state index contributed by atoms with van der Waals surface area (Å²) in [5, 5.41) is 14.2. The van der Waals surface area contributed by atoms with Gasteiger partial charge in [0.2, 0.25) is 0 Å². The van der Waals surface area contributed by atoms with Gasteiger partial charge >= 0.3 is 5.69 Å². The van der Waals surface area contributed by atoms with Crippen LogP contribution in [0, 0.1) is 16.0 Å². The number of aromatic nitrogens is 1. The van der Waals surface area contributed by atoms with Gasteiger partial charge in [0.25, 0.3) is 0 Å². The Balaban J connectivity index is 2.25. The Labute approximate surface area is 113 Å². The fourth-order valence-electron chi connectivity index (χ4n) is 2.40. The van der Waals surface area contributed by atoms with Crippen molar-refractivity contribution in [3.63, 3.8) is 0 Å². The van der Waals surface area contributed by atoms with Crippen molar-refractivity contribution in [2.45, 2.75) is 25.3 Å². The second-order valence-corrected chi connectivity index (χ2v) is 5.30. The highest BCUT2D eigenvalue weighted by Crippen LogP contribution is 2.35. The van der Waals surface area contributed by atoms with Crippen LogP contribution in [-0.2, 0) is 0 Å². The second kappa shape index (κ2) is 5.62. The van der Waals surface area contributed by atoms with Crippen LogP contribution >= 0.6 is 15.9 Å². The van der Waals surface area contributed by atoms with Crippen LogP contribution < -0.4 is 11.1 Å². The van der Waals surface area contributed by atoms with Crippen molar-refractivity contribution < 1.29 is 4.92 Å². The van der Waals surface area contributed by atoms with Gasteiger partial charge in [0, 0.05) is 12.2 Å². The summed E-state index contributed by atoms with van der Waals surface area (Å²) < 4.78 is 0.611. The quantitative estimate of drug-likeness (QED) is 0.657. The van der Waals surface area contributed by atoms with Gasteiger partial charge in [-0.15, -0.1) is 0 Å². The van der Waals surface area contributed by atoms with Crippen molar-refractivity contribution >= 4 is 27.3 Å². The van der Waals surface area contributed by atoms with Crippen molar-refractivity contribution in [2.75, 3.05) is 11.9 Å². The zero-order valence-corrected chi connectivity index (χ0v) is 11.4. The van der Waals surface area contributed by atoms with E-state index < -0.39 is 4.92 Å². The molecule has 1 aromatic heterocycles. The summed E-state index contributed by atoms with van der Waals surface area (Å²) >= 11 is 3.30. The average molecular weight is 315 g/mol. The highest BCUT2D eigenvalue weighted by atomic mass is 79.9. The zero-order chi connectivity index (χ0) is 13.1. The molecule has 1 fully saturated rings. The minimum absolute atomic E-state index is 0.00736. The fraction of sp³-hybridized carbons (Fsp3) is 0.545. The number of pyridine rings is 1. The lowest BCUT2D eigenvalue weighted by Gasteiger charge is -2.21. The minimum atomic E-state index is -0.424. The lowest BCUT2D eigenvalue weighted by Crippen LogP contribution is -2.29. The van der Waals surface area contributed by atoms with Crippen molar-refractivity contribution in [3.8, 4) is 0 Å². The average Bonchev–Trinajstić information content (AvgIpc) is 2.78. The maximum Gasteiger partial charge on any atom is 0.311 e. The van der Waals surface area contributed by atoms with Crippen molar-refractivity contribution in [2.24, 2.45) is 11.7 Å². The summed E-state index contributed by atoms with van der Waals surface area (Å²) in [6, 6.07) is 0.201. The Kier molecular flexibility index (Phi) is 4.13. The monoisotopic (exact) mass is 314 g/mol. The lowest BCUT2D eigenvalue weighted by atomic mass is 10.0. The van der Waals surface area contributed by atoms with Crippen LogP contribution in [0.2, 0.25) is 0 Å².